The number of hydrogen-bond acceptors (Lipinski definition) is 1. The Morgan fingerprint density at radius 3 is 2.38 bits per heavy atom. The Hall–Kier alpha value is -0.600. The van der Waals surface area contributed by atoms with Crippen molar-refractivity contribution in [3.05, 3.63) is 44.6 Å². The van der Waals surface area contributed by atoms with Crippen molar-refractivity contribution in [2.24, 2.45) is 5.92 Å². The third kappa shape index (κ3) is 4.69. The molecule has 0 aliphatic carbocycles. The average Bonchev–Trinajstić information content (AvgIpc) is 2.83. The molecule has 0 radical (unpaired) electrons. The van der Waals surface area contributed by atoms with Crippen LogP contribution in [-0.4, -0.2) is 0 Å². The lowest BCUT2D eigenvalue weighted by molar-refractivity contribution is 0.449. The van der Waals surface area contributed by atoms with E-state index in [9.17, 15) is 0 Å². The number of thiophene rings is 1. The summed E-state index contributed by atoms with van der Waals surface area (Å²) in [6.45, 7) is 6.76. The number of rotatable bonds is 7. The van der Waals surface area contributed by atoms with Crippen LogP contribution in [0.3, 0.4) is 0 Å². The number of hydrogen-bond donors (Lipinski definition) is 0. The summed E-state index contributed by atoms with van der Waals surface area (Å²) in [5, 5.41) is 0. The molecule has 2 aromatic rings. The molecule has 0 aliphatic rings. The molecule has 0 fully saturated rings. The van der Waals surface area contributed by atoms with Crippen molar-refractivity contribution in [2.45, 2.75) is 52.9 Å². The zero-order chi connectivity index (χ0) is 15.2. The van der Waals surface area contributed by atoms with E-state index in [1.54, 1.807) is 0 Å². The van der Waals surface area contributed by atoms with Gasteiger partial charge in [0.05, 0.1) is 3.79 Å². The molecule has 1 aromatic carbocycles. The maximum absolute atomic E-state index is 3.67. The fourth-order valence-electron chi connectivity index (χ4n) is 2.78. The van der Waals surface area contributed by atoms with E-state index in [1.165, 1.54) is 57.5 Å². The normalized spacial score (nSPS) is 12.6. The summed E-state index contributed by atoms with van der Waals surface area (Å²) < 4.78 is 1.24. The Kier molecular flexibility index (Phi) is 6.50. The highest BCUT2D eigenvalue weighted by Gasteiger charge is 2.09. The molecule has 0 amide bonds. The lowest BCUT2D eigenvalue weighted by Gasteiger charge is -2.14. The van der Waals surface area contributed by atoms with Crippen LogP contribution in [0.5, 0.6) is 0 Å². The second-order valence-corrected chi connectivity index (χ2v) is 8.44. The van der Waals surface area contributed by atoms with Crippen LogP contribution < -0.4 is 0 Å². The second kappa shape index (κ2) is 8.14. The zero-order valence-corrected chi connectivity index (χ0v) is 15.7. The summed E-state index contributed by atoms with van der Waals surface area (Å²) in [6, 6.07) is 11.4. The molecule has 0 N–H and O–H groups in total. The minimum Gasteiger partial charge on any atom is -0.133 e. The molecule has 0 bridgehead atoms. The summed E-state index contributed by atoms with van der Waals surface area (Å²) in [6.07, 6.45) is 6.54. The fraction of sp³-hybridized carbons (Fsp3) is 0.474. The lowest BCUT2D eigenvalue weighted by Crippen LogP contribution is -2.03. The second-order valence-electron chi connectivity index (χ2n) is 5.86. The Morgan fingerprint density at radius 1 is 1.14 bits per heavy atom. The first kappa shape index (κ1) is 16.8. The van der Waals surface area contributed by atoms with Gasteiger partial charge >= 0.3 is 0 Å². The summed E-state index contributed by atoms with van der Waals surface area (Å²) >= 11 is 5.48. The summed E-state index contributed by atoms with van der Waals surface area (Å²) in [5.41, 5.74) is 4.11. The SMILES string of the molecule is CCCCC(CC)Cc1ccc(-c2cc(C)sc2Br)cc1. The van der Waals surface area contributed by atoms with Gasteiger partial charge in [0, 0.05) is 10.4 Å². The van der Waals surface area contributed by atoms with E-state index < -0.39 is 0 Å². The minimum absolute atomic E-state index is 0.839. The molecule has 0 saturated carbocycles. The van der Waals surface area contributed by atoms with Gasteiger partial charge in [0.2, 0.25) is 0 Å². The smallest absolute Gasteiger partial charge is 0.0779 e. The van der Waals surface area contributed by atoms with E-state index in [-0.39, 0.29) is 0 Å². The van der Waals surface area contributed by atoms with Gasteiger partial charge in [0.25, 0.3) is 0 Å². The van der Waals surface area contributed by atoms with E-state index in [4.69, 9.17) is 0 Å². The van der Waals surface area contributed by atoms with E-state index in [0.717, 1.165) is 5.92 Å². The number of unbranched alkanes of at least 4 members (excludes halogenated alkanes) is 1. The molecule has 0 aliphatic heterocycles. The van der Waals surface area contributed by atoms with Gasteiger partial charge in [0.1, 0.15) is 0 Å². The Morgan fingerprint density at radius 2 is 1.86 bits per heavy atom. The van der Waals surface area contributed by atoms with Gasteiger partial charge in [-0.15, -0.1) is 11.3 Å². The van der Waals surface area contributed by atoms with Crippen LogP contribution >= 0.6 is 27.3 Å². The predicted molar refractivity (Wildman–Crippen MR) is 99.2 cm³/mol. The topological polar surface area (TPSA) is 0 Å². The molecule has 0 nitrogen and oxygen atoms in total. The van der Waals surface area contributed by atoms with Crippen LogP contribution in [0.4, 0.5) is 0 Å². The first-order valence-corrected chi connectivity index (χ1v) is 9.60. The molecule has 0 saturated heterocycles. The minimum atomic E-state index is 0.839. The van der Waals surface area contributed by atoms with Gasteiger partial charge in [-0.05, 0) is 52.4 Å². The summed E-state index contributed by atoms with van der Waals surface area (Å²) in [4.78, 5) is 1.35. The van der Waals surface area contributed by atoms with Crippen molar-refractivity contribution in [3.63, 3.8) is 0 Å². The van der Waals surface area contributed by atoms with E-state index in [1.807, 2.05) is 11.3 Å². The van der Waals surface area contributed by atoms with Crippen LogP contribution in [0.2, 0.25) is 0 Å². The summed E-state index contributed by atoms with van der Waals surface area (Å²) in [5.74, 6) is 0.839. The van der Waals surface area contributed by atoms with Crippen LogP contribution in [-0.2, 0) is 6.42 Å². The van der Waals surface area contributed by atoms with Crippen molar-refractivity contribution in [2.75, 3.05) is 0 Å². The molecule has 2 heteroatoms. The quantitative estimate of drug-likeness (QED) is 0.485. The van der Waals surface area contributed by atoms with Crippen molar-refractivity contribution >= 4 is 27.3 Å². The van der Waals surface area contributed by atoms with Crippen LogP contribution in [0.15, 0.2) is 34.1 Å². The molecule has 0 spiro atoms. The fourth-order valence-corrected chi connectivity index (χ4v) is 4.64. The molecule has 1 heterocycles. The highest BCUT2D eigenvalue weighted by atomic mass is 79.9. The molecule has 1 atom stereocenters. The Bertz CT molecular complexity index is 553. The third-order valence-electron chi connectivity index (χ3n) is 4.14. The molecule has 2 rings (SSSR count). The number of aryl methyl sites for hydroxylation is 1. The maximum atomic E-state index is 3.67. The molecular weight excluding hydrogens is 340 g/mol. The first-order valence-electron chi connectivity index (χ1n) is 7.99. The van der Waals surface area contributed by atoms with Crippen molar-refractivity contribution in [3.8, 4) is 11.1 Å². The van der Waals surface area contributed by atoms with Gasteiger partial charge < -0.3 is 0 Å². The number of halogens is 1. The molecule has 1 aromatic heterocycles. The molecule has 114 valence electrons. The molecule has 21 heavy (non-hydrogen) atoms. The van der Waals surface area contributed by atoms with E-state index in [0.29, 0.717) is 0 Å². The Balaban J connectivity index is 2.06. The standard InChI is InChI=1S/C19H25BrS/c1-4-6-7-15(5-2)13-16-8-10-17(11-9-16)18-12-14(3)21-19(18)20/h8-12,15H,4-7,13H2,1-3H3. The van der Waals surface area contributed by atoms with Crippen molar-refractivity contribution < 1.29 is 0 Å². The highest BCUT2D eigenvalue weighted by Crippen LogP contribution is 2.35. The van der Waals surface area contributed by atoms with Crippen LogP contribution in [0.25, 0.3) is 11.1 Å². The third-order valence-corrected chi connectivity index (χ3v) is 5.89. The maximum Gasteiger partial charge on any atom is 0.0779 e. The largest absolute Gasteiger partial charge is 0.133 e. The highest BCUT2D eigenvalue weighted by molar-refractivity contribution is 9.11. The van der Waals surface area contributed by atoms with Gasteiger partial charge in [-0.3, -0.25) is 0 Å². The number of benzene rings is 1. The molecular formula is C19H25BrS. The average molecular weight is 365 g/mol. The van der Waals surface area contributed by atoms with Crippen molar-refractivity contribution in [1.29, 1.82) is 0 Å². The summed E-state index contributed by atoms with van der Waals surface area (Å²) in [7, 11) is 0. The van der Waals surface area contributed by atoms with E-state index in [2.05, 4.69) is 67.0 Å². The monoisotopic (exact) mass is 364 g/mol. The van der Waals surface area contributed by atoms with Gasteiger partial charge in [-0.25, -0.2) is 0 Å². The predicted octanol–water partition coefficient (Wildman–Crippen LogP) is 7.24. The van der Waals surface area contributed by atoms with Gasteiger partial charge in [0.15, 0.2) is 0 Å². The lowest BCUT2D eigenvalue weighted by atomic mass is 9.91. The Labute approximate surface area is 141 Å². The van der Waals surface area contributed by atoms with Gasteiger partial charge in [-0.2, -0.15) is 0 Å². The zero-order valence-electron chi connectivity index (χ0n) is 13.3. The van der Waals surface area contributed by atoms with Gasteiger partial charge in [-0.1, -0.05) is 63.8 Å². The van der Waals surface area contributed by atoms with Crippen LogP contribution in [0, 0.1) is 12.8 Å². The van der Waals surface area contributed by atoms with E-state index >= 15 is 0 Å². The first-order chi connectivity index (χ1) is 10.1. The van der Waals surface area contributed by atoms with Crippen molar-refractivity contribution in [1.82, 2.24) is 0 Å². The van der Waals surface area contributed by atoms with Crippen LogP contribution in [0.1, 0.15) is 50.0 Å². The molecule has 1 unspecified atom stereocenters.